The lowest BCUT2D eigenvalue weighted by molar-refractivity contribution is -0.147. The maximum atomic E-state index is 10.8. The van der Waals surface area contributed by atoms with E-state index in [1.807, 2.05) is 0 Å². The quantitative estimate of drug-likeness (QED) is 0.661. The topological polar surface area (TPSA) is 93.6 Å². The number of aromatic amines is 1. The molecule has 0 aliphatic rings. The molecule has 1 heterocycles. The molecule has 1 unspecified atom stereocenters. The minimum atomic E-state index is -1.10. The normalized spacial score (nSPS) is 12.1. The van der Waals surface area contributed by atoms with Gasteiger partial charge in [-0.15, -0.1) is 0 Å². The molecule has 1 aromatic heterocycles. The minimum absolute atomic E-state index is 0.155. The molecule has 1 atom stereocenters. The molecular weight excluding hydrogens is 212 g/mol. The molecular formula is C10H14N2O4. The van der Waals surface area contributed by atoms with E-state index in [2.05, 4.69) is 4.98 Å². The number of hydrogen-bond acceptors (Lipinski definition) is 3. The van der Waals surface area contributed by atoms with Crippen molar-refractivity contribution in [1.82, 2.24) is 4.98 Å². The highest BCUT2D eigenvalue weighted by Gasteiger charge is 2.22. The number of aliphatic carboxylic acids is 2. The van der Waals surface area contributed by atoms with Gasteiger partial charge in [-0.05, 0) is 12.1 Å². The predicted molar refractivity (Wildman–Crippen MR) is 57.4 cm³/mol. The highest BCUT2D eigenvalue weighted by atomic mass is 16.4. The zero-order valence-electron chi connectivity index (χ0n) is 8.88. The van der Waals surface area contributed by atoms with Crippen LogP contribution in [0.1, 0.15) is 6.42 Å². The van der Waals surface area contributed by atoms with Crippen LogP contribution in [0, 0.1) is 5.92 Å². The third-order valence-corrected chi connectivity index (χ3v) is 2.26. The molecule has 6 nitrogen and oxygen atoms in total. The first kappa shape index (κ1) is 12.1. The molecule has 0 bridgehead atoms. The average molecular weight is 226 g/mol. The van der Waals surface area contributed by atoms with E-state index in [1.165, 1.54) is 0 Å². The van der Waals surface area contributed by atoms with E-state index in [0.29, 0.717) is 0 Å². The molecule has 0 spiro atoms. The summed E-state index contributed by atoms with van der Waals surface area (Å²) in [6.07, 6.45) is 1.35. The molecule has 0 saturated heterocycles. The summed E-state index contributed by atoms with van der Waals surface area (Å²) in [5, 5.41) is 17.5. The fraction of sp³-hybridized carbons (Fsp3) is 0.400. The van der Waals surface area contributed by atoms with E-state index in [4.69, 9.17) is 10.2 Å². The van der Waals surface area contributed by atoms with Crippen LogP contribution in [-0.4, -0.2) is 40.7 Å². The largest absolute Gasteiger partial charge is 0.481 e. The average Bonchev–Trinajstić information content (AvgIpc) is 2.68. The molecule has 1 rings (SSSR count). The van der Waals surface area contributed by atoms with Gasteiger partial charge in [0.2, 0.25) is 0 Å². The fourth-order valence-electron chi connectivity index (χ4n) is 1.43. The van der Waals surface area contributed by atoms with Gasteiger partial charge in [0.15, 0.2) is 0 Å². The summed E-state index contributed by atoms with van der Waals surface area (Å²) in [7, 11) is 1.71. The van der Waals surface area contributed by atoms with E-state index in [1.54, 1.807) is 30.3 Å². The van der Waals surface area contributed by atoms with Crippen molar-refractivity contribution in [1.29, 1.82) is 0 Å². The number of H-pyrrole nitrogens is 1. The van der Waals surface area contributed by atoms with Crippen molar-refractivity contribution in [3.05, 3.63) is 18.3 Å². The predicted octanol–water partition coefficient (Wildman–Crippen LogP) is 0.626. The Bertz CT molecular complexity index is 361. The Kier molecular flexibility index (Phi) is 3.93. The SMILES string of the molecule is CN(CC(CC(=O)O)C(=O)O)c1ccc[nH]1. The van der Waals surface area contributed by atoms with Crippen molar-refractivity contribution >= 4 is 17.8 Å². The van der Waals surface area contributed by atoms with Gasteiger partial charge in [-0.3, -0.25) is 9.59 Å². The second-order valence-electron chi connectivity index (χ2n) is 3.57. The van der Waals surface area contributed by atoms with Gasteiger partial charge in [-0.2, -0.15) is 0 Å². The number of aromatic nitrogens is 1. The number of carbonyl (C=O) groups is 2. The summed E-state index contributed by atoms with van der Waals surface area (Å²) >= 11 is 0. The molecule has 0 fully saturated rings. The minimum Gasteiger partial charge on any atom is -0.481 e. The summed E-state index contributed by atoms with van der Waals surface area (Å²) in [5.74, 6) is -2.35. The van der Waals surface area contributed by atoms with Crippen LogP contribution in [0.15, 0.2) is 18.3 Å². The maximum absolute atomic E-state index is 10.8. The highest BCUT2D eigenvalue weighted by Crippen LogP contribution is 2.12. The van der Waals surface area contributed by atoms with Crippen LogP contribution in [0.2, 0.25) is 0 Å². The molecule has 0 amide bonds. The molecule has 0 saturated carbocycles. The van der Waals surface area contributed by atoms with Crippen LogP contribution in [-0.2, 0) is 9.59 Å². The van der Waals surface area contributed by atoms with Gasteiger partial charge in [0, 0.05) is 19.8 Å². The first-order chi connectivity index (χ1) is 7.50. The van der Waals surface area contributed by atoms with Crippen molar-refractivity contribution in [2.24, 2.45) is 5.92 Å². The Balaban J connectivity index is 2.61. The number of anilines is 1. The van der Waals surface area contributed by atoms with E-state index >= 15 is 0 Å². The van der Waals surface area contributed by atoms with E-state index in [9.17, 15) is 9.59 Å². The zero-order valence-corrected chi connectivity index (χ0v) is 8.88. The molecule has 0 radical (unpaired) electrons. The first-order valence-electron chi connectivity index (χ1n) is 4.80. The first-order valence-corrected chi connectivity index (χ1v) is 4.80. The molecule has 88 valence electrons. The lowest BCUT2D eigenvalue weighted by Gasteiger charge is -2.20. The molecule has 1 aromatic rings. The second-order valence-corrected chi connectivity index (χ2v) is 3.57. The van der Waals surface area contributed by atoms with Crippen molar-refractivity contribution in [2.45, 2.75) is 6.42 Å². The third-order valence-electron chi connectivity index (χ3n) is 2.26. The van der Waals surface area contributed by atoms with Gasteiger partial charge in [-0.25, -0.2) is 0 Å². The lowest BCUT2D eigenvalue weighted by Crippen LogP contribution is -2.32. The van der Waals surface area contributed by atoms with Gasteiger partial charge in [0.1, 0.15) is 5.82 Å². The number of carboxylic acid groups (broad SMARTS) is 2. The van der Waals surface area contributed by atoms with Crippen molar-refractivity contribution in [3.63, 3.8) is 0 Å². The number of hydrogen-bond donors (Lipinski definition) is 3. The molecule has 6 heteroatoms. The van der Waals surface area contributed by atoms with E-state index in [-0.39, 0.29) is 13.0 Å². The Morgan fingerprint density at radius 2 is 2.19 bits per heavy atom. The molecule has 3 N–H and O–H groups in total. The van der Waals surface area contributed by atoms with Gasteiger partial charge >= 0.3 is 11.9 Å². The number of nitrogens with zero attached hydrogens (tertiary/aromatic N) is 1. The Morgan fingerprint density at radius 1 is 1.50 bits per heavy atom. The lowest BCUT2D eigenvalue weighted by atomic mass is 10.1. The number of rotatable bonds is 6. The Labute approximate surface area is 92.5 Å². The fourth-order valence-corrected chi connectivity index (χ4v) is 1.43. The molecule has 0 aliphatic heterocycles. The zero-order chi connectivity index (χ0) is 12.1. The monoisotopic (exact) mass is 226 g/mol. The third kappa shape index (κ3) is 3.30. The number of nitrogens with one attached hydrogen (secondary N) is 1. The van der Waals surface area contributed by atoms with Gasteiger partial charge in [-0.1, -0.05) is 0 Å². The summed E-state index contributed by atoms with van der Waals surface area (Å²) in [4.78, 5) is 25.9. The summed E-state index contributed by atoms with van der Waals surface area (Å²) in [6.45, 7) is 0.155. The summed E-state index contributed by atoms with van der Waals surface area (Å²) in [5.41, 5.74) is 0. The molecule has 16 heavy (non-hydrogen) atoms. The molecule has 0 aromatic carbocycles. The van der Waals surface area contributed by atoms with Crippen LogP contribution in [0.25, 0.3) is 0 Å². The van der Waals surface area contributed by atoms with Crippen LogP contribution in [0.3, 0.4) is 0 Å². The van der Waals surface area contributed by atoms with Crippen LogP contribution in [0.4, 0.5) is 5.82 Å². The summed E-state index contributed by atoms with van der Waals surface area (Å²) in [6, 6.07) is 3.58. The van der Waals surface area contributed by atoms with Gasteiger partial charge in [0.05, 0.1) is 12.3 Å². The van der Waals surface area contributed by atoms with Gasteiger partial charge < -0.3 is 20.1 Å². The number of carboxylic acids is 2. The van der Waals surface area contributed by atoms with Crippen LogP contribution in [0.5, 0.6) is 0 Å². The van der Waals surface area contributed by atoms with Crippen molar-refractivity contribution < 1.29 is 19.8 Å². The van der Waals surface area contributed by atoms with Crippen molar-refractivity contribution in [3.8, 4) is 0 Å². The standard InChI is InChI=1S/C10H14N2O4/c1-12(8-3-2-4-11-8)6-7(10(15)16)5-9(13)14/h2-4,7,11H,5-6H2,1H3,(H,13,14)(H,15,16). The van der Waals surface area contributed by atoms with E-state index in [0.717, 1.165) is 5.82 Å². The smallest absolute Gasteiger partial charge is 0.308 e. The van der Waals surface area contributed by atoms with Crippen LogP contribution < -0.4 is 4.90 Å². The second kappa shape index (κ2) is 5.20. The van der Waals surface area contributed by atoms with Crippen molar-refractivity contribution in [2.75, 3.05) is 18.5 Å². The summed E-state index contributed by atoms with van der Waals surface area (Å²) < 4.78 is 0. The molecule has 0 aliphatic carbocycles. The Hall–Kier alpha value is -1.98. The Morgan fingerprint density at radius 3 is 2.62 bits per heavy atom. The maximum Gasteiger partial charge on any atom is 0.308 e. The highest BCUT2D eigenvalue weighted by molar-refractivity contribution is 5.78. The van der Waals surface area contributed by atoms with E-state index < -0.39 is 17.9 Å². The van der Waals surface area contributed by atoms with Crippen LogP contribution >= 0.6 is 0 Å². The van der Waals surface area contributed by atoms with Gasteiger partial charge in [0.25, 0.3) is 0 Å².